The largest absolute Gasteiger partial charge is 0.490 e. The molecule has 4 aliphatic carbocycles. The van der Waals surface area contributed by atoms with E-state index < -0.39 is 30.4 Å². The van der Waals surface area contributed by atoms with Crippen LogP contribution < -0.4 is 9.47 Å². The Bertz CT molecular complexity index is 926. The molecule has 36 heavy (non-hydrogen) atoms. The summed E-state index contributed by atoms with van der Waals surface area (Å²) in [5.41, 5.74) is -1.18. The molecule has 4 fully saturated rings. The second kappa shape index (κ2) is 10.2. The summed E-state index contributed by atoms with van der Waals surface area (Å²) in [5.74, 6) is 0.00339. The highest BCUT2D eigenvalue weighted by Crippen LogP contribution is 2.60. The fraction of sp³-hybridized carbons (Fsp3) is 0.786. The van der Waals surface area contributed by atoms with E-state index in [9.17, 15) is 13.3 Å². The minimum absolute atomic E-state index is 0.0504. The second-order valence-corrected chi connectivity index (χ2v) is 15.4. The molecule has 0 radical (unpaired) electrons. The first-order valence-corrected chi connectivity index (χ1v) is 15.1. The Balaban J connectivity index is 1.31. The van der Waals surface area contributed by atoms with E-state index in [0.717, 1.165) is 37.0 Å². The van der Waals surface area contributed by atoms with Gasteiger partial charge in [-0.2, -0.15) is 8.78 Å². The molecule has 5 rings (SSSR count). The van der Waals surface area contributed by atoms with E-state index in [1.165, 1.54) is 31.4 Å². The van der Waals surface area contributed by atoms with Gasteiger partial charge in [0.2, 0.25) is 11.6 Å². The smallest absolute Gasteiger partial charge is 0.331 e. The van der Waals surface area contributed by atoms with E-state index in [1.807, 2.05) is 41.5 Å². The van der Waals surface area contributed by atoms with Crippen molar-refractivity contribution >= 4 is 7.60 Å². The number of halogens is 2. The quantitative estimate of drug-likeness (QED) is 0.227. The third kappa shape index (κ3) is 7.02. The first-order chi connectivity index (χ1) is 16.6. The van der Waals surface area contributed by atoms with Gasteiger partial charge < -0.3 is 18.5 Å². The molecule has 0 saturated heterocycles. The summed E-state index contributed by atoms with van der Waals surface area (Å²) in [4.78, 5) is 0. The van der Waals surface area contributed by atoms with Crippen LogP contribution in [0.4, 0.5) is 8.78 Å². The van der Waals surface area contributed by atoms with E-state index in [0.29, 0.717) is 13.0 Å². The Hall–Kier alpha value is -1.17. The predicted octanol–water partition coefficient (Wildman–Crippen LogP) is 8.15. The summed E-state index contributed by atoms with van der Waals surface area (Å²) < 4.78 is 65.8. The van der Waals surface area contributed by atoms with Crippen molar-refractivity contribution in [1.82, 2.24) is 0 Å². The molecule has 4 saturated carbocycles. The zero-order chi connectivity index (χ0) is 26.4. The molecule has 5 nitrogen and oxygen atoms in total. The van der Waals surface area contributed by atoms with Gasteiger partial charge in [-0.1, -0.05) is 0 Å². The highest BCUT2D eigenvalue weighted by atomic mass is 31.2. The van der Waals surface area contributed by atoms with Gasteiger partial charge in [0.1, 0.15) is 0 Å². The molecule has 1 aromatic carbocycles. The Kier molecular flexibility index (Phi) is 7.88. The summed E-state index contributed by atoms with van der Waals surface area (Å²) in [6, 6.07) is 2.86. The van der Waals surface area contributed by atoms with Gasteiger partial charge >= 0.3 is 7.60 Å². The lowest BCUT2D eigenvalue weighted by molar-refractivity contribution is -0.0750. The zero-order valence-electron chi connectivity index (χ0n) is 22.7. The van der Waals surface area contributed by atoms with Crippen LogP contribution in [0.25, 0.3) is 0 Å². The average molecular weight is 529 g/mol. The number of benzene rings is 1. The molecular formula is C28H43F2O5P. The Labute approximate surface area is 215 Å². The lowest BCUT2D eigenvalue weighted by atomic mass is 9.50. The van der Waals surface area contributed by atoms with Crippen LogP contribution in [0.2, 0.25) is 0 Å². The van der Waals surface area contributed by atoms with E-state index >= 15 is 0 Å². The molecule has 4 aliphatic rings. The second-order valence-electron chi connectivity index (χ2n) is 13.3. The summed E-state index contributed by atoms with van der Waals surface area (Å²) >= 11 is 0. The van der Waals surface area contributed by atoms with Crippen LogP contribution in [0.5, 0.6) is 11.5 Å². The van der Waals surface area contributed by atoms with Crippen LogP contribution in [0, 0.1) is 34.8 Å². The number of hydrogen-bond donors (Lipinski definition) is 0. The van der Waals surface area contributed by atoms with Crippen LogP contribution in [0.3, 0.4) is 0 Å². The van der Waals surface area contributed by atoms with Crippen molar-refractivity contribution in [1.29, 1.82) is 0 Å². The van der Waals surface area contributed by atoms with Crippen molar-refractivity contribution in [3.8, 4) is 11.5 Å². The molecule has 0 spiro atoms. The number of rotatable bonds is 10. The fourth-order valence-electron chi connectivity index (χ4n) is 6.82. The van der Waals surface area contributed by atoms with Crippen LogP contribution in [-0.2, 0) is 13.6 Å². The normalized spacial score (nSPS) is 27.9. The van der Waals surface area contributed by atoms with Crippen LogP contribution >= 0.6 is 7.60 Å². The van der Waals surface area contributed by atoms with Crippen LogP contribution in [0.1, 0.15) is 86.5 Å². The summed E-state index contributed by atoms with van der Waals surface area (Å²) in [7, 11) is -3.41. The first kappa shape index (κ1) is 27.9. The summed E-state index contributed by atoms with van der Waals surface area (Å²) in [5, 5.41) is 0. The lowest BCUT2D eigenvalue weighted by Crippen LogP contribution is -2.48. The molecule has 4 bridgehead atoms. The van der Waals surface area contributed by atoms with Crippen LogP contribution in [0.15, 0.2) is 12.1 Å². The maximum absolute atomic E-state index is 14.8. The van der Waals surface area contributed by atoms with Crippen molar-refractivity contribution in [2.75, 3.05) is 19.4 Å². The fourth-order valence-corrected chi connectivity index (χ4v) is 9.22. The van der Waals surface area contributed by atoms with Gasteiger partial charge in [-0.3, -0.25) is 4.57 Å². The van der Waals surface area contributed by atoms with Crippen molar-refractivity contribution in [2.24, 2.45) is 23.2 Å². The summed E-state index contributed by atoms with van der Waals surface area (Å²) in [6.07, 6.45) is 7.83. The van der Waals surface area contributed by atoms with E-state index in [2.05, 4.69) is 0 Å². The van der Waals surface area contributed by atoms with Crippen molar-refractivity contribution < 1.29 is 31.9 Å². The van der Waals surface area contributed by atoms with Gasteiger partial charge in [0.25, 0.3) is 0 Å². The highest BCUT2D eigenvalue weighted by Gasteiger charge is 2.51. The molecule has 1 aromatic rings. The Morgan fingerprint density at radius 1 is 0.833 bits per heavy atom. The minimum Gasteiger partial charge on any atom is -0.490 e. The van der Waals surface area contributed by atoms with Crippen molar-refractivity contribution in [3.05, 3.63) is 23.8 Å². The molecule has 0 aliphatic heterocycles. The molecule has 0 N–H and O–H groups in total. The predicted molar refractivity (Wildman–Crippen MR) is 137 cm³/mol. The Morgan fingerprint density at radius 2 is 1.28 bits per heavy atom. The lowest BCUT2D eigenvalue weighted by Gasteiger charge is -2.56. The van der Waals surface area contributed by atoms with Crippen LogP contribution in [-0.4, -0.2) is 30.6 Å². The molecule has 0 amide bonds. The maximum atomic E-state index is 14.8. The standard InChI is InChI=1S/C28H43F2O5P/c1-26(2,3)34-36(31,35-27(4,5)6)11-7-10-32-22-8-9-23(25(30)24(22)29)33-18-28-15-19-12-20(16-28)14-21(13-19)17-28/h8-9,19-21H,7,10-18H2,1-6H3/t19-,20?,21?,28-. The third-order valence-corrected chi connectivity index (χ3v) is 9.89. The molecule has 0 unspecified atom stereocenters. The third-order valence-electron chi connectivity index (χ3n) is 7.37. The molecule has 204 valence electrons. The van der Waals surface area contributed by atoms with Crippen molar-refractivity contribution in [3.63, 3.8) is 0 Å². The number of hydrogen-bond acceptors (Lipinski definition) is 5. The zero-order valence-corrected chi connectivity index (χ0v) is 23.6. The SMILES string of the molecule is CC(C)(C)OP(=O)(CCCOc1ccc(OC[C@]23CC4CC(C[C@H](C4)C2)C3)c(F)c1F)OC(C)(C)C. The average Bonchev–Trinajstić information content (AvgIpc) is 2.69. The van der Waals surface area contributed by atoms with Gasteiger partial charge in [0.15, 0.2) is 11.5 Å². The Morgan fingerprint density at radius 3 is 1.72 bits per heavy atom. The van der Waals surface area contributed by atoms with Gasteiger partial charge in [0, 0.05) is 5.41 Å². The maximum Gasteiger partial charge on any atom is 0.331 e. The number of ether oxygens (including phenoxy) is 2. The van der Waals surface area contributed by atoms with E-state index in [1.54, 1.807) is 0 Å². The highest BCUT2D eigenvalue weighted by molar-refractivity contribution is 7.53. The monoisotopic (exact) mass is 528 g/mol. The molecule has 0 atom stereocenters. The van der Waals surface area contributed by atoms with Gasteiger partial charge in [-0.15, -0.1) is 0 Å². The molecule has 8 heteroatoms. The van der Waals surface area contributed by atoms with Crippen molar-refractivity contribution in [2.45, 2.75) is 97.7 Å². The minimum atomic E-state index is -3.41. The van der Waals surface area contributed by atoms with E-state index in [4.69, 9.17) is 18.5 Å². The molecular weight excluding hydrogens is 485 g/mol. The summed E-state index contributed by atoms with van der Waals surface area (Å²) in [6.45, 7) is 11.4. The van der Waals surface area contributed by atoms with Gasteiger partial charge in [-0.05, 0) is 116 Å². The van der Waals surface area contributed by atoms with Gasteiger partial charge in [-0.25, -0.2) is 0 Å². The van der Waals surface area contributed by atoms with E-state index in [-0.39, 0.29) is 29.7 Å². The van der Waals surface area contributed by atoms with Gasteiger partial charge in [0.05, 0.1) is 30.6 Å². The topological polar surface area (TPSA) is 54.0 Å². The first-order valence-electron chi connectivity index (χ1n) is 13.4. The molecule has 0 aromatic heterocycles. The molecule has 0 heterocycles.